The van der Waals surface area contributed by atoms with E-state index in [1.54, 1.807) is 0 Å². The fourth-order valence-electron chi connectivity index (χ4n) is 1.76. The third-order valence-corrected chi connectivity index (χ3v) is 3.64. The minimum atomic E-state index is -0.528. The summed E-state index contributed by atoms with van der Waals surface area (Å²) in [5.74, 6) is -0.128. The van der Waals surface area contributed by atoms with E-state index >= 15 is 0 Å². The molecule has 1 heterocycles. The van der Waals surface area contributed by atoms with E-state index in [2.05, 4.69) is 10.3 Å². The standard InChI is InChI=1S/C13H13N3O3S/c1-9(10-5-3-2-4-6-10)7-11(17)15-13-14-8-12(20-13)16(18)19/h2-6,8-9H,7H2,1H3,(H,14,15,17)/t9-/m1/s1. The summed E-state index contributed by atoms with van der Waals surface area (Å²) in [6.45, 7) is 1.96. The van der Waals surface area contributed by atoms with Crippen molar-refractivity contribution in [1.82, 2.24) is 4.98 Å². The number of aromatic nitrogens is 1. The van der Waals surface area contributed by atoms with Crippen molar-refractivity contribution in [3.05, 3.63) is 52.2 Å². The van der Waals surface area contributed by atoms with Crippen LogP contribution in [0.25, 0.3) is 0 Å². The van der Waals surface area contributed by atoms with Crippen LogP contribution in [0.1, 0.15) is 24.8 Å². The summed E-state index contributed by atoms with van der Waals surface area (Å²) in [6, 6.07) is 9.70. The molecule has 1 aromatic heterocycles. The van der Waals surface area contributed by atoms with Crippen molar-refractivity contribution in [3.8, 4) is 0 Å². The molecule has 0 bridgehead atoms. The maximum absolute atomic E-state index is 11.9. The van der Waals surface area contributed by atoms with Gasteiger partial charge in [-0.25, -0.2) is 4.98 Å². The Morgan fingerprint density at radius 1 is 1.45 bits per heavy atom. The van der Waals surface area contributed by atoms with Gasteiger partial charge in [0.15, 0.2) is 5.13 Å². The van der Waals surface area contributed by atoms with E-state index in [1.807, 2.05) is 37.3 Å². The van der Waals surface area contributed by atoms with Crippen molar-refractivity contribution in [2.24, 2.45) is 0 Å². The van der Waals surface area contributed by atoms with Gasteiger partial charge in [0.1, 0.15) is 6.20 Å². The van der Waals surface area contributed by atoms with Gasteiger partial charge in [0.25, 0.3) is 0 Å². The van der Waals surface area contributed by atoms with E-state index in [4.69, 9.17) is 0 Å². The van der Waals surface area contributed by atoms with Gasteiger partial charge in [-0.05, 0) is 22.8 Å². The molecule has 0 fully saturated rings. The SMILES string of the molecule is C[C@H](CC(=O)Nc1ncc([N+](=O)[O-])s1)c1ccccc1. The highest BCUT2D eigenvalue weighted by atomic mass is 32.1. The first-order valence-electron chi connectivity index (χ1n) is 6.01. The molecule has 0 aliphatic heterocycles. The number of benzene rings is 1. The molecule has 2 aromatic rings. The quantitative estimate of drug-likeness (QED) is 0.677. The molecular formula is C13H13N3O3S. The van der Waals surface area contributed by atoms with Crippen LogP contribution in [0.4, 0.5) is 10.1 Å². The molecule has 1 atom stereocenters. The number of nitrogens with zero attached hydrogens (tertiary/aromatic N) is 2. The Kier molecular flexibility index (Phi) is 4.41. The lowest BCUT2D eigenvalue weighted by Crippen LogP contribution is -2.14. The molecule has 0 saturated carbocycles. The number of carbonyl (C=O) groups excluding carboxylic acids is 1. The van der Waals surface area contributed by atoms with Crippen LogP contribution >= 0.6 is 11.3 Å². The molecule has 0 unspecified atom stereocenters. The number of amides is 1. The molecule has 1 amide bonds. The van der Waals surface area contributed by atoms with E-state index in [9.17, 15) is 14.9 Å². The largest absolute Gasteiger partial charge is 0.345 e. The van der Waals surface area contributed by atoms with Crippen LogP contribution in [0.5, 0.6) is 0 Å². The number of thiazole rings is 1. The predicted molar refractivity (Wildman–Crippen MR) is 76.9 cm³/mol. The third-order valence-electron chi connectivity index (χ3n) is 2.78. The van der Waals surface area contributed by atoms with Gasteiger partial charge in [-0.3, -0.25) is 14.9 Å². The zero-order chi connectivity index (χ0) is 14.5. The number of nitrogens with one attached hydrogen (secondary N) is 1. The predicted octanol–water partition coefficient (Wildman–Crippen LogP) is 3.18. The first kappa shape index (κ1) is 14.1. The van der Waals surface area contributed by atoms with Gasteiger partial charge < -0.3 is 5.32 Å². The second-order valence-electron chi connectivity index (χ2n) is 4.32. The van der Waals surface area contributed by atoms with Crippen LogP contribution in [0.15, 0.2) is 36.5 Å². The minimum Gasteiger partial charge on any atom is -0.302 e. The van der Waals surface area contributed by atoms with Crippen molar-refractivity contribution in [1.29, 1.82) is 0 Å². The molecule has 1 aromatic carbocycles. The Balaban J connectivity index is 1.93. The Morgan fingerprint density at radius 3 is 2.75 bits per heavy atom. The van der Waals surface area contributed by atoms with Crippen molar-refractivity contribution in [2.75, 3.05) is 5.32 Å². The highest BCUT2D eigenvalue weighted by Crippen LogP contribution is 2.26. The van der Waals surface area contributed by atoms with Crippen LogP contribution in [-0.4, -0.2) is 15.8 Å². The van der Waals surface area contributed by atoms with Crippen molar-refractivity contribution in [2.45, 2.75) is 19.3 Å². The average molecular weight is 291 g/mol. The molecule has 0 saturated heterocycles. The minimum absolute atomic E-state index is 0.0751. The van der Waals surface area contributed by atoms with E-state index in [-0.39, 0.29) is 22.0 Å². The molecular weight excluding hydrogens is 278 g/mol. The fourth-order valence-corrected chi connectivity index (χ4v) is 2.40. The maximum atomic E-state index is 11.9. The maximum Gasteiger partial charge on any atom is 0.345 e. The summed E-state index contributed by atoms with van der Waals surface area (Å²) in [6.07, 6.45) is 1.44. The van der Waals surface area contributed by atoms with Crippen LogP contribution < -0.4 is 5.32 Å². The fraction of sp³-hybridized carbons (Fsp3) is 0.231. The number of rotatable bonds is 5. The molecule has 20 heavy (non-hydrogen) atoms. The Labute approximate surface area is 119 Å². The van der Waals surface area contributed by atoms with E-state index < -0.39 is 4.92 Å². The van der Waals surface area contributed by atoms with Crippen molar-refractivity contribution >= 4 is 27.4 Å². The molecule has 0 aliphatic rings. The zero-order valence-electron chi connectivity index (χ0n) is 10.8. The normalized spacial score (nSPS) is 11.8. The van der Waals surface area contributed by atoms with Gasteiger partial charge in [0.05, 0.1) is 4.92 Å². The molecule has 0 radical (unpaired) electrons. The molecule has 1 N–H and O–H groups in total. The van der Waals surface area contributed by atoms with Crippen molar-refractivity contribution < 1.29 is 9.72 Å². The molecule has 7 heteroatoms. The van der Waals surface area contributed by atoms with Gasteiger partial charge in [-0.1, -0.05) is 37.3 Å². The Hall–Kier alpha value is -2.28. The Bertz CT molecular complexity index is 612. The summed E-state index contributed by atoms with van der Waals surface area (Å²) >= 11 is 0.850. The van der Waals surface area contributed by atoms with Gasteiger partial charge in [-0.2, -0.15) is 0 Å². The van der Waals surface area contributed by atoms with Gasteiger partial charge >= 0.3 is 5.00 Å². The smallest absolute Gasteiger partial charge is 0.302 e. The van der Waals surface area contributed by atoms with Crippen LogP contribution in [0, 0.1) is 10.1 Å². The average Bonchev–Trinajstić information content (AvgIpc) is 2.88. The summed E-state index contributed by atoms with van der Waals surface area (Å²) in [7, 11) is 0. The van der Waals surface area contributed by atoms with E-state index in [1.165, 1.54) is 0 Å². The lowest BCUT2D eigenvalue weighted by molar-refractivity contribution is -0.380. The highest BCUT2D eigenvalue weighted by Gasteiger charge is 2.15. The van der Waals surface area contributed by atoms with Gasteiger partial charge in [0, 0.05) is 6.42 Å². The number of carbonyl (C=O) groups is 1. The second-order valence-corrected chi connectivity index (χ2v) is 5.33. The summed E-state index contributed by atoms with van der Waals surface area (Å²) in [5.41, 5.74) is 1.08. The topological polar surface area (TPSA) is 85.1 Å². The first-order chi connectivity index (χ1) is 9.56. The molecule has 0 aliphatic carbocycles. The molecule has 2 rings (SSSR count). The number of nitro groups is 1. The van der Waals surface area contributed by atoms with Gasteiger partial charge in [-0.15, -0.1) is 0 Å². The zero-order valence-corrected chi connectivity index (χ0v) is 11.6. The molecule has 0 spiro atoms. The Morgan fingerprint density at radius 2 is 2.15 bits per heavy atom. The number of hydrogen-bond donors (Lipinski definition) is 1. The van der Waals surface area contributed by atoms with Crippen LogP contribution in [0.2, 0.25) is 0 Å². The summed E-state index contributed by atoms with van der Waals surface area (Å²) in [5, 5.41) is 13.3. The monoisotopic (exact) mass is 291 g/mol. The number of hydrogen-bond acceptors (Lipinski definition) is 5. The third kappa shape index (κ3) is 3.61. The van der Waals surface area contributed by atoms with Crippen LogP contribution in [0.3, 0.4) is 0 Å². The highest BCUT2D eigenvalue weighted by molar-refractivity contribution is 7.18. The first-order valence-corrected chi connectivity index (χ1v) is 6.83. The second kappa shape index (κ2) is 6.25. The van der Waals surface area contributed by atoms with Crippen molar-refractivity contribution in [3.63, 3.8) is 0 Å². The molecule has 6 nitrogen and oxygen atoms in total. The lowest BCUT2D eigenvalue weighted by atomic mass is 9.98. The number of anilines is 1. The van der Waals surface area contributed by atoms with E-state index in [0.717, 1.165) is 23.1 Å². The summed E-state index contributed by atoms with van der Waals surface area (Å²) in [4.78, 5) is 25.7. The van der Waals surface area contributed by atoms with Gasteiger partial charge in [0.2, 0.25) is 5.91 Å². The summed E-state index contributed by atoms with van der Waals surface area (Å²) < 4.78 is 0. The van der Waals surface area contributed by atoms with E-state index in [0.29, 0.717) is 6.42 Å². The van der Waals surface area contributed by atoms with Crippen LogP contribution in [-0.2, 0) is 4.79 Å². The molecule has 104 valence electrons. The lowest BCUT2D eigenvalue weighted by Gasteiger charge is -2.10.